The number of rotatable bonds is 6. The third-order valence-corrected chi connectivity index (χ3v) is 5.30. The van der Waals surface area contributed by atoms with Crippen molar-refractivity contribution in [3.8, 4) is 22.3 Å². The number of hydrogen-bond donors (Lipinski definition) is 1. The molecule has 0 spiro atoms. The minimum Gasteiger partial charge on any atom is -0.491 e. The van der Waals surface area contributed by atoms with Gasteiger partial charge in [-0.3, -0.25) is 4.79 Å². The summed E-state index contributed by atoms with van der Waals surface area (Å²) < 4.78 is 72.6. The lowest BCUT2D eigenvalue weighted by molar-refractivity contribution is -0.140. The van der Waals surface area contributed by atoms with Gasteiger partial charge in [-0.05, 0) is 18.8 Å². The summed E-state index contributed by atoms with van der Waals surface area (Å²) in [5.41, 5.74) is -1.42. The van der Waals surface area contributed by atoms with Gasteiger partial charge < -0.3 is 10.1 Å². The lowest BCUT2D eigenvalue weighted by atomic mass is 10.2. The fraction of sp³-hybridized carbons (Fsp3) is 0.333. The number of benzene rings is 1. The van der Waals surface area contributed by atoms with Crippen LogP contribution in [0.1, 0.15) is 29.2 Å². The molecule has 1 aromatic carbocycles. The van der Waals surface area contributed by atoms with Crippen molar-refractivity contribution in [3.05, 3.63) is 40.7 Å². The molecule has 1 amide bonds. The number of aromatic nitrogens is 4. The first-order valence-electron chi connectivity index (χ1n) is 8.99. The van der Waals surface area contributed by atoms with E-state index in [4.69, 9.17) is 4.74 Å². The van der Waals surface area contributed by atoms with Crippen LogP contribution in [0.3, 0.4) is 0 Å². The van der Waals surface area contributed by atoms with Gasteiger partial charge in [0.2, 0.25) is 11.6 Å². The molecule has 1 fully saturated rings. The number of halogens is 5. The van der Waals surface area contributed by atoms with E-state index in [2.05, 4.69) is 20.4 Å². The molecule has 0 saturated heterocycles. The largest absolute Gasteiger partial charge is 0.491 e. The van der Waals surface area contributed by atoms with E-state index in [1.165, 1.54) is 0 Å². The topological polar surface area (TPSA) is 81.9 Å². The Labute approximate surface area is 175 Å². The smallest absolute Gasteiger partial charge is 0.434 e. The van der Waals surface area contributed by atoms with Crippen LogP contribution >= 0.6 is 11.3 Å². The van der Waals surface area contributed by atoms with Gasteiger partial charge in [0.15, 0.2) is 22.3 Å². The number of carbonyl (C=O) groups excluding carboxylic acids is 1. The number of amides is 1. The summed E-state index contributed by atoms with van der Waals surface area (Å²) in [6, 6.07) is 1.46. The third-order valence-electron chi connectivity index (χ3n) is 4.47. The van der Waals surface area contributed by atoms with E-state index >= 15 is 0 Å². The standard InChI is InChI=1S/C18H14F5N5O2S/c1-30-13-10(20)4-9(19)5-11(13)28-15(16(29)24-6-8-2-3-8)26-14(27-28)17-25-12(7-31-17)18(21,22)23/h4-5,7-8H,2-3,6H2,1H3,(H,24,29). The van der Waals surface area contributed by atoms with Gasteiger partial charge in [-0.25, -0.2) is 18.4 Å². The zero-order valence-electron chi connectivity index (χ0n) is 15.8. The average molecular weight is 459 g/mol. The van der Waals surface area contributed by atoms with Crippen LogP contribution < -0.4 is 10.1 Å². The summed E-state index contributed by atoms with van der Waals surface area (Å²) in [6.45, 7) is 0.366. The predicted molar refractivity (Wildman–Crippen MR) is 99.0 cm³/mol. The molecule has 0 aliphatic heterocycles. The van der Waals surface area contributed by atoms with E-state index in [1.54, 1.807) is 0 Å². The van der Waals surface area contributed by atoms with E-state index in [0.717, 1.165) is 36.1 Å². The maximum atomic E-state index is 14.2. The summed E-state index contributed by atoms with van der Waals surface area (Å²) in [5, 5.41) is 7.23. The monoisotopic (exact) mass is 459 g/mol. The molecule has 2 aromatic heterocycles. The summed E-state index contributed by atoms with van der Waals surface area (Å²) >= 11 is 0.622. The number of nitrogens with one attached hydrogen (secondary N) is 1. The highest BCUT2D eigenvalue weighted by atomic mass is 32.1. The van der Waals surface area contributed by atoms with Crippen LogP contribution in [-0.2, 0) is 6.18 Å². The minimum atomic E-state index is -4.67. The number of carbonyl (C=O) groups is 1. The Kier molecular flexibility index (Phi) is 5.37. The zero-order valence-corrected chi connectivity index (χ0v) is 16.7. The molecule has 7 nitrogen and oxygen atoms in total. The highest BCUT2D eigenvalue weighted by Crippen LogP contribution is 2.34. The summed E-state index contributed by atoms with van der Waals surface area (Å²) in [7, 11) is 1.14. The lowest BCUT2D eigenvalue weighted by Gasteiger charge is -2.11. The summed E-state index contributed by atoms with van der Waals surface area (Å²) in [6.07, 6.45) is -2.75. The second kappa shape index (κ2) is 7.87. The zero-order chi connectivity index (χ0) is 22.3. The highest BCUT2D eigenvalue weighted by Gasteiger charge is 2.35. The molecule has 31 heavy (non-hydrogen) atoms. The molecule has 1 aliphatic carbocycles. The van der Waals surface area contributed by atoms with Crippen molar-refractivity contribution >= 4 is 17.2 Å². The van der Waals surface area contributed by atoms with E-state index in [9.17, 15) is 26.7 Å². The second-order valence-electron chi connectivity index (χ2n) is 6.80. The van der Waals surface area contributed by atoms with Crippen molar-refractivity contribution in [2.24, 2.45) is 5.92 Å². The predicted octanol–water partition coefficient (Wildman–Crippen LogP) is 3.84. The fourth-order valence-electron chi connectivity index (χ4n) is 2.77. The Bertz CT molecular complexity index is 1140. The van der Waals surface area contributed by atoms with Crippen LogP contribution in [-0.4, -0.2) is 39.3 Å². The van der Waals surface area contributed by atoms with Crippen LogP contribution in [0.2, 0.25) is 0 Å². The van der Waals surface area contributed by atoms with Crippen LogP contribution in [0.15, 0.2) is 17.5 Å². The molecule has 1 saturated carbocycles. The van der Waals surface area contributed by atoms with Gasteiger partial charge in [-0.2, -0.15) is 18.2 Å². The van der Waals surface area contributed by atoms with Gasteiger partial charge in [-0.15, -0.1) is 16.4 Å². The molecule has 13 heteroatoms. The molecule has 4 rings (SSSR count). The van der Waals surface area contributed by atoms with Crippen molar-refractivity contribution in [1.29, 1.82) is 0 Å². The second-order valence-corrected chi connectivity index (χ2v) is 7.66. The molecule has 1 N–H and O–H groups in total. The number of alkyl halides is 3. The van der Waals surface area contributed by atoms with E-state index in [1.807, 2.05) is 0 Å². The minimum absolute atomic E-state index is 0.210. The summed E-state index contributed by atoms with van der Waals surface area (Å²) in [4.78, 5) is 20.2. The molecule has 0 radical (unpaired) electrons. The van der Waals surface area contributed by atoms with Crippen molar-refractivity contribution in [1.82, 2.24) is 25.1 Å². The van der Waals surface area contributed by atoms with E-state index in [-0.39, 0.29) is 22.3 Å². The SMILES string of the molecule is COc1c(F)cc(F)cc1-n1nc(-c2nc(C(F)(F)F)cs2)nc1C(=O)NCC1CC1. The van der Waals surface area contributed by atoms with E-state index in [0.29, 0.717) is 29.9 Å². The Morgan fingerprint density at radius 2 is 2.03 bits per heavy atom. The third kappa shape index (κ3) is 4.36. The van der Waals surface area contributed by atoms with Crippen LogP contribution in [0.25, 0.3) is 16.5 Å². The van der Waals surface area contributed by atoms with Crippen molar-refractivity contribution in [2.45, 2.75) is 19.0 Å². The van der Waals surface area contributed by atoms with Gasteiger partial charge >= 0.3 is 6.18 Å². The van der Waals surface area contributed by atoms with Gasteiger partial charge in [0.25, 0.3) is 5.91 Å². The molecular weight excluding hydrogens is 445 g/mol. The van der Waals surface area contributed by atoms with Crippen molar-refractivity contribution < 1.29 is 31.5 Å². The Morgan fingerprint density at radius 1 is 1.29 bits per heavy atom. The number of methoxy groups -OCH3 is 1. The normalized spacial score (nSPS) is 14.0. The molecule has 0 atom stereocenters. The Hall–Kier alpha value is -3.09. The number of ether oxygens (including phenoxy) is 1. The number of hydrogen-bond acceptors (Lipinski definition) is 6. The highest BCUT2D eigenvalue weighted by molar-refractivity contribution is 7.13. The number of nitrogens with zero attached hydrogens (tertiary/aromatic N) is 4. The number of thiazole rings is 1. The lowest BCUT2D eigenvalue weighted by Crippen LogP contribution is -2.28. The maximum absolute atomic E-state index is 14.2. The first-order chi connectivity index (χ1) is 14.7. The molecule has 2 heterocycles. The molecule has 3 aromatic rings. The van der Waals surface area contributed by atoms with Crippen molar-refractivity contribution in [2.75, 3.05) is 13.7 Å². The molecule has 0 unspecified atom stereocenters. The maximum Gasteiger partial charge on any atom is 0.434 e. The van der Waals surface area contributed by atoms with Crippen LogP contribution in [0.4, 0.5) is 22.0 Å². The van der Waals surface area contributed by atoms with Gasteiger partial charge in [0.05, 0.1) is 7.11 Å². The molecule has 0 bridgehead atoms. The quantitative estimate of drug-likeness (QED) is 0.567. The van der Waals surface area contributed by atoms with Gasteiger partial charge in [-0.1, -0.05) is 0 Å². The van der Waals surface area contributed by atoms with Crippen molar-refractivity contribution in [3.63, 3.8) is 0 Å². The fourth-order valence-corrected chi connectivity index (χ4v) is 3.52. The summed E-state index contributed by atoms with van der Waals surface area (Å²) in [5.74, 6) is -3.48. The van der Waals surface area contributed by atoms with Gasteiger partial charge in [0.1, 0.15) is 11.5 Å². The molecular formula is C18H14F5N5O2S. The first kappa shape index (κ1) is 21.2. The van der Waals surface area contributed by atoms with Gasteiger partial charge in [0, 0.05) is 24.1 Å². The first-order valence-corrected chi connectivity index (χ1v) is 9.87. The molecule has 164 valence electrons. The van der Waals surface area contributed by atoms with Crippen LogP contribution in [0, 0.1) is 17.6 Å². The van der Waals surface area contributed by atoms with E-state index < -0.39 is 35.2 Å². The Balaban J connectivity index is 1.81. The Morgan fingerprint density at radius 3 is 2.65 bits per heavy atom. The average Bonchev–Trinajstić information content (AvgIpc) is 3.20. The molecule has 1 aliphatic rings. The van der Waals surface area contributed by atoms with Crippen LogP contribution in [0.5, 0.6) is 5.75 Å².